The molecule has 0 radical (unpaired) electrons. The number of hydrogen-bond donors (Lipinski definition) is 0. The van der Waals surface area contributed by atoms with Gasteiger partial charge in [0.2, 0.25) is 0 Å². The Morgan fingerprint density at radius 1 is 1.20 bits per heavy atom. The van der Waals surface area contributed by atoms with Crippen LogP contribution in [0.4, 0.5) is 0 Å². The van der Waals surface area contributed by atoms with Gasteiger partial charge in [0.05, 0.1) is 0 Å². The molecule has 0 N–H and O–H groups in total. The van der Waals surface area contributed by atoms with Gasteiger partial charge >= 0.3 is 0 Å². The molecule has 0 nitrogen and oxygen atoms in total. The lowest BCUT2D eigenvalue weighted by molar-refractivity contribution is 0.243. The first kappa shape index (κ1) is 15.6. The van der Waals surface area contributed by atoms with E-state index >= 15 is 0 Å². The highest BCUT2D eigenvalue weighted by molar-refractivity contribution is 5.35. The molecule has 0 spiro atoms. The number of allylic oxidation sites excluding steroid dienone is 6. The zero-order valence-corrected chi connectivity index (χ0v) is 14.1. The van der Waals surface area contributed by atoms with Gasteiger partial charge in [-0.1, -0.05) is 50.1 Å². The van der Waals surface area contributed by atoms with Gasteiger partial charge in [-0.05, 0) is 75.2 Å². The third kappa shape index (κ3) is 4.36. The second-order valence-electron chi connectivity index (χ2n) is 7.30. The van der Waals surface area contributed by atoms with Gasteiger partial charge in [0.1, 0.15) is 0 Å². The lowest BCUT2D eigenvalue weighted by atomic mass is 9.76. The first-order chi connectivity index (χ1) is 9.52. The van der Waals surface area contributed by atoms with Crippen molar-refractivity contribution < 1.29 is 0 Å². The van der Waals surface area contributed by atoms with Crippen LogP contribution in [0.3, 0.4) is 0 Å². The van der Waals surface area contributed by atoms with E-state index in [9.17, 15) is 0 Å². The normalized spacial score (nSPS) is 23.0. The molecule has 0 aromatic rings. The van der Waals surface area contributed by atoms with Crippen LogP contribution in [0, 0.1) is 23.7 Å². The molecule has 2 aliphatic rings. The molecule has 0 aromatic carbocycles. The lowest BCUT2D eigenvalue weighted by Crippen LogP contribution is -2.20. The van der Waals surface area contributed by atoms with Crippen LogP contribution in [-0.2, 0) is 0 Å². The topological polar surface area (TPSA) is 0 Å². The van der Waals surface area contributed by atoms with E-state index < -0.39 is 0 Å². The van der Waals surface area contributed by atoms with Crippen LogP contribution in [-0.4, -0.2) is 0 Å². The molecule has 2 rings (SSSR count). The average molecular weight is 272 g/mol. The minimum Gasteiger partial charge on any atom is -0.0844 e. The first-order valence-electron chi connectivity index (χ1n) is 8.54. The van der Waals surface area contributed by atoms with Crippen LogP contribution in [0.25, 0.3) is 0 Å². The third-order valence-corrected chi connectivity index (χ3v) is 5.35. The third-order valence-electron chi connectivity index (χ3n) is 5.35. The Morgan fingerprint density at radius 2 is 1.85 bits per heavy atom. The van der Waals surface area contributed by atoms with Crippen LogP contribution in [0.1, 0.15) is 66.7 Å². The van der Waals surface area contributed by atoms with Gasteiger partial charge in [-0.3, -0.25) is 0 Å². The van der Waals surface area contributed by atoms with Gasteiger partial charge in [-0.25, -0.2) is 0 Å². The molecule has 2 aliphatic carbocycles. The minimum atomic E-state index is 0.784. The smallest absolute Gasteiger partial charge is 0.0243 e. The van der Waals surface area contributed by atoms with E-state index in [0.717, 1.165) is 23.7 Å². The largest absolute Gasteiger partial charge is 0.0844 e. The van der Waals surface area contributed by atoms with E-state index in [1.807, 2.05) is 0 Å². The maximum atomic E-state index is 2.49. The van der Waals surface area contributed by atoms with Crippen molar-refractivity contribution in [3.63, 3.8) is 0 Å². The summed E-state index contributed by atoms with van der Waals surface area (Å²) in [5, 5.41) is 0. The van der Waals surface area contributed by atoms with Gasteiger partial charge < -0.3 is 0 Å². The Labute approximate surface area is 126 Å². The molecule has 0 amide bonds. The van der Waals surface area contributed by atoms with Crippen LogP contribution >= 0.6 is 0 Å². The van der Waals surface area contributed by atoms with E-state index in [-0.39, 0.29) is 0 Å². The predicted octanol–water partition coefficient (Wildman–Crippen LogP) is 6.31. The summed E-state index contributed by atoms with van der Waals surface area (Å²) >= 11 is 0. The molecule has 0 saturated heterocycles. The SMILES string of the molecule is C/C=C(C)\C(=C/C=C1CC1)CC(C(C)C)C(C)C1CC1. The summed E-state index contributed by atoms with van der Waals surface area (Å²) in [6.07, 6.45) is 13.9. The summed E-state index contributed by atoms with van der Waals surface area (Å²) in [5.74, 6) is 3.52. The highest BCUT2D eigenvalue weighted by Crippen LogP contribution is 2.44. The van der Waals surface area contributed by atoms with Crippen LogP contribution in [0.15, 0.2) is 34.9 Å². The van der Waals surface area contributed by atoms with Crippen molar-refractivity contribution in [2.45, 2.75) is 66.7 Å². The summed E-state index contributed by atoms with van der Waals surface area (Å²) in [4.78, 5) is 0. The molecule has 0 aromatic heterocycles. The summed E-state index contributed by atoms with van der Waals surface area (Å²) in [6.45, 7) is 11.7. The molecule has 2 fully saturated rings. The Balaban J connectivity index is 2.10. The van der Waals surface area contributed by atoms with Crippen LogP contribution in [0.2, 0.25) is 0 Å². The Hall–Kier alpha value is -0.780. The molecule has 0 bridgehead atoms. The van der Waals surface area contributed by atoms with Crippen molar-refractivity contribution in [2.75, 3.05) is 0 Å². The summed E-state index contributed by atoms with van der Waals surface area (Å²) in [7, 11) is 0. The fourth-order valence-corrected chi connectivity index (χ4v) is 3.26. The maximum absolute atomic E-state index is 2.49. The second-order valence-corrected chi connectivity index (χ2v) is 7.30. The quantitative estimate of drug-likeness (QED) is 0.476. The van der Waals surface area contributed by atoms with Gasteiger partial charge in [0.25, 0.3) is 0 Å². The Kier molecular flexibility index (Phi) is 5.29. The summed E-state index contributed by atoms with van der Waals surface area (Å²) < 4.78 is 0. The fraction of sp³-hybridized carbons (Fsp3) is 0.700. The Bertz CT molecular complexity index is 409. The maximum Gasteiger partial charge on any atom is -0.0243 e. The highest BCUT2D eigenvalue weighted by Gasteiger charge is 2.34. The van der Waals surface area contributed by atoms with Crippen LogP contribution < -0.4 is 0 Å². The van der Waals surface area contributed by atoms with Crippen molar-refractivity contribution in [2.24, 2.45) is 23.7 Å². The van der Waals surface area contributed by atoms with Crippen molar-refractivity contribution in [1.82, 2.24) is 0 Å². The second kappa shape index (κ2) is 6.78. The molecule has 0 heterocycles. The van der Waals surface area contributed by atoms with E-state index in [2.05, 4.69) is 52.8 Å². The monoisotopic (exact) mass is 272 g/mol. The van der Waals surface area contributed by atoms with Crippen molar-refractivity contribution >= 4 is 0 Å². The van der Waals surface area contributed by atoms with E-state index in [1.165, 1.54) is 37.7 Å². The van der Waals surface area contributed by atoms with Gasteiger partial charge in [-0.15, -0.1) is 0 Å². The van der Waals surface area contributed by atoms with Crippen molar-refractivity contribution in [1.29, 1.82) is 0 Å². The first-order valence-corrected chi connectivity index (χ1v) is 8.54. The Morgan fingerprint density at radius 3 is 2.30 bits per heavy atom. The molecule has 2 saturated carbocycles. The predicted molar refractivity (Wildman–Crippen MR) is 89.7 cm³/mol. The zero-order valence-electron chi connectivity index (χ0n) is 14.1. The van der Waals surface area contributed by atoms with Gasteiger partial charge in [-0.2, -0.15) is 0 Å². The van der Waals surface area contributed by atoms with E-state index in [0.29, 0.717) is 0 Å². The van der Waals surface area contributed by atoms with Gasteiger partial charge in [0, 0.05) is 0 Å². The van der Waals surface area contributed by atoms with Gasteiger partial charge in [0.15, 0.2) is 0 Å². The molecule has 20 heavy (non-hydrogen) atoms. The summed E-state index contributed by atoms with van der Waals surface area (Å²) in [5.41, 5.74) is 4.66. The fourth-order valence-electron chi connectivity index (χ4n) is 3.26. The molecule has 2 atom stereocenters. The average Bonchev–Trinajstić information content (AvgIpc) is 3.29. The summed E-state index contributed by atoms with van der Waals surface area (Å²) in [6, 6.07) is 0. The lowest BCUT2D eigenvalue weighted by Gasteiger charge is -2.29. The standard InChI is InChI=1S/C20H32/c1-6-15(4)19(10-9-17-7-8-17)13-20(14(2)3)16(5)18-11-12-18/h6,9-10,14,16,18,20H,7-8,11-13H2,1-5H3/b15-6-,19-10-. The van der Waals surface area contributed by atoms with E-state index in [4.69, 9.17) is 0 Å². The molecular weight excluding hydrogens is 240 g/mol. The van der Waals surface area contributed by atoms with E-state index in [1.54, 1.807) is 11.1 Å². The van der Waals surface area contributed by atoms with Crippen molar-refractivity contribution in [3.05, 3.63) is 34.9 Å². The molecule has 2 unspecified atom stereocenters. The van der Waals surface area contributed by atoms with Crippen LogP contribution in [0.5, 0.6) is 0 Å². The minimum absolute atomic E-state index is 0.784. The molecule has 112 valence electrons. The molecule has 0 heteroatoms. The highest BCUT2D eigenvalue weighted by atomic mass is 14.4. The zero-order chi connectivity index (χ0) is 14.7. The number of rotatable bonds is 7. The number of hydrogen-bond acceptors (Lipinski definition) is 0. The molecule has 0 aliphatic heterocycles. The van der Waals surface area contributed by atoms with Crippen molar-refractivity contribution in [3.8, 4) is 0 Å². The molecular formula is C20H32.